The third-order valence-corrected chi connectivity index (χ3v) is 5.20. The SMILES string of the molecule is CCCC1CC1NC(=NC)N1CCN(C(=O)C2CCCO2)CC1. The number of amides is 1. The normalized spacial score (nSPS) is 31.4. The average Bonchev–Trinajstić information content (AvgIpc) is 3.09. The number of piperazine rings is 1. The van der Waals surface area contributed by atoms with Gasteiger partial charge in [0.25, 0.3) is 5.91 Å². The number of nitrogens with zero attached hydrogens (tertiary/aromatic N) is 3. The zero-order valence-corrected chi connectivity index (χ0v) is 14.5. The van der Waals surface area contributed by atoms with Crippen LogP contribution in [0.1, 0.15) is 39.0 Å². The maximum absolute atomic E-state index is 12.4. The molecule has 3 fully saturated rings. The highest BCUT2D eigenvalue weighted by Gasteiger charge is 2.38. The van der Waals surface area contributed by atoms with Gasteiger partial charge in [0.05, 0.1) is 0 Å². The summed E-state index contributed by atoms with van der Waals surface area (Å²) in [7, 11) is 1.85. The average molecular weight is 322 g/mol. The summed E-state index contributed by atoms with van der Waals surface area (Å²) in [6, 6.07) is 0.597. The molecule has 1 amide bonds. The van der Waals surface area contributed by atoms with E-state index < -0.39 is 0 Å². The molecule has 0 aromatic carbocycles. The van der Waals surface area contributed by atoms with Crippen molar-refractivity contribution in [2.75, 3.05) is 39.8 Å². The molecule has 0 aromatic rings. The van der Waals surface area contributed by atoms with Crippen molar-refractivity contribution in [2.24, 2.45) is 10.9 Å². The lowest BCUT2D eigenvalue weighted by atomic mass is 10.2. The van der Waals surface area contributed by atoms with Crippen LogP contribution in [0.4, 0.5) is 0 Å². The van der Waals surface area contributed by atoms with Gasteiger partial charge in [-0.2, -0.15) is 0 Å². The monoisotopic (exact) mass is 322 g/mol. The fraction of sp³-hybridized carbons (Fsp3) is 0.882. The fourth-order valence-corrected chi connectivity index (χ4v) is 3.69. The van der Waals surface area contributed by atoms with Crippen LogP contribution >= 0.6 is 0 Å². The quantitative estimate of drug-likeness (QED) is 0.621. The van der Waals surface area contributed by atoms with E-state index in [1.807, 2.05) is 11.9 Å². The highest BCUT2D eigenvalue weighted by Crippen LogP contribution is 2.34. The van der Waals surface area contributed by atoms with Crippen LogP contribution in [0.15, 0.2) is 4.99 Å². The number of hydrogen-bond acceptors (Lipinski definition) is 3. The predicted molar refractivity (Wildman–Crippen MR) is 90.4 cm³/mol. The van der Waals surface area contributed by atoms with E-state index in [1.54, 1.807) is 0 Å². The van der Waals surface area contributed by atoms with Crippen molar-refractivity contribution in [2.45, 2.75) is 51.2 Å². The van der Waals surface area contributed by atoms with Gasteiger partial charge in [0.2, 0.25) is 0 Å². The molecule has 0 aromatic heterocycles. The zero-order valence-electron chi connectivity index (χ0n) is 14.5. The Kier molecular flexibility index (Phi) is 5.41. The van der Waals surface area contributed by atoms with Gasteiger partial charge < -0.3 is 19.9 Å². The summed E-state index contributed by atoms with van der Waals surface area (Å²) in [5, 5.41) is 3.59. The first kappa shape index (κ1) is 16.6. The van der Waals surface area contributed by atoms with Crippen molar-refractivity contribution < 1.29 is 9.53 Å². The first-order valence-corrected chi connectivity index (χ1v) is 9.11. The van der Waals surface area contributed by atoms with E-state index in [9.17, 15) is 4.79 Å². The molecule has 130 valence electrons. The molecule has 3 atom stereocenters. The molecular formula is C17H30N4O2. The first-order valence-electron chi connectivity index (χ1n) is 9.11. The molecule has 3 rings (SSSR count). The number of guanidine groups is 1. The number of carbonyl (C=O) groups is 1. The number of hydrogen-bond donors (Lipinski definition) is 1. The molecule has 1 aliphatic carbocycles. The summed E-state index contributed by atoms with van der Waals surface area (Å²) in [4.78, 5) is 21.1. The Balaban J connectivity index is 1.45. The first-order chi connectivity index (χ1) is 11.2. The molecule has 2 heterocycles. The molecule has 3 unspecified atom stereocenters. The minimum Gasteiger partial charge on any atom is -0.368 e. The van der Waals surface area contributed by atoms with Crippen LogP contribution in [0.3, 0.4) is 0 Å². The number of rotatable bonds is 4. The summed E-state index contributed by atoms with van der Waals surface area (Å²) < 4.78 is 5.52. The van der Waals surface area contributed by atoms with Gasteiger partial charge in [0.1, 0.15) is 6.10 Å². The molecule has 6 heteroatoms. The zero-order chi connectivity index (χ0) is 16.2. The Morgan fingerprint density at radius 3 is 2.61 bits per heavy atom. The summed E-state index contributed by atoms with van der Waals surface area (Å²) in [5.74, 6) is 1.99. The Labute approximate surface area is 139 Å². The van der Waals surface area contributed by atoms with E-state index in [0.29, 0.717) is 6.04 Å². The second kappa shape index (κ2) is 7.51. The van der Waals surface area contributed by atoms with Gasteiger partial charge in [-0.05, 0) is 31.6 Å². The minimum atomic E-state index is -0.194. The topological polar surface area (TPSA) is 57.2 Å². The second-order valence-corrected chi connectivity index (χ2v) is 6.90. The van der Waals surface area contributed by atoms with Gasteiger partial charge in [-0.1, -0.05) is 13.3 Å². The maximum Gasteiger partial charge on any atom is 0.251 e. The predicted octanol–water partition coefficient (Wildman–Crippen LogP) is 1.07. The number of aliphatic imine (C=N–C) groups is 1. The maximum atomic E-state index is 12.4. The second-order valence-electron chi connectivity index (χ2n) is 6.90. The third-order valence-electron chi connectivity index (χ3n) is 5.20. The third kappa shape index (κ3) is 3.97. The highest BCUT2D eigenvalue weighted by atomic mass is 16.5. The fourth-order valence-electron chi connectivity index (χ4n) is 3.69. The van der Waals surface area contributed by atoms with Gasteiger partial charge in [-0.15, -0.1) is 0 Å². The van der Waals surface area contributed by atoms with Crippen LogP contribution in [-0.4, -0.2) is 73.6 Å². The van der Waals surface area contributed by atoms with Crippen LogP contribution < -0.4 is 5.32 Å². The lowest BCUT2D eigenvalue weighted by molar-refractivity contribution is -0.142. The molecular weight excluding hydrogens is 292 g/mol. The van der Waals surface area contributed by atoms with Crippen molar-refractivity contribution in [3.8, 4) is 0 Å². The van der Waals surface area contributed by atoms with E-state index in [2.05, 4.69) is 22.1 Å². The van der Waals surface area contributed by atoms with Gasteiger partial charge in [-0.3, -0.25) is 9.79 Å². The molecule has 1 saturated carbocycles. The summed E-state index contributed by atoms with van der Waals surface area (Å²) in [6.07, 6.45) is 5.52. The van der Waals surface area contributed by atoms with Gasteiger partial charge in [-0.25, -0.2) is 0 Å². The molecule has 1 N–H and O–H groups in total. The number of nitrogens with one attached hydrogen (secondary N) is 1. The minimum absolute atomic E-state index is 0.176. The van der Waals surface area contributed by atoms with Crippen molar-refractivity contribution in [1.29, 1.82) is 0 Å². The van der Waals surface area contributed by atoms with Gasteiger partial charge >= 0.3 is 0 Å². The number of ether oxygens (including phenoxy) is 1. The summed E-state index contributed by atoms with van der Waals surface area (Å²) in [5.41, 5.74) is 0. The summed E-state index contributed by atoms with van der Waals surface area (Å²) in [6.45, 7) is 6.21. The van der Waals surface area contributed by atoms with E-state index in [0.717, 1.165) is 57.5 Å². The molecule has 0 spiro atoms. The van der Waals surface area contributed by atoms with Crippen molar-refractivity contribution in [3.05, 3.63) is 0 Å². The van der Waals surface area contributed by atoms with Crippen LogP contribution in [0.5, 0.6) is 0 Å². The lowest BCUT2D eigenvalue weighted by Crippen LogP contribution is -2.55. The Bertz CT molecular complexity index is 440. The van der Waals surface area contributed by atoms with Crippen molar-refractivity contribution in [1.82, 2.24) is 15.1 Å². The van der Waals surface area contributed by atoms with Crippen LogP contribution in [0.2, 0.25) is 0 Å². The van der Waals surface area contributed by atoms with E-state index in [1.165, 1.54) is 19.3 Å². The van der Waals surface area contributed by atoms with Crippen LogP contribution in [-0.2, 0) is 9.53 Å². The standard InChI is InChI=1S/C17H30N4O2/c1-3-5-13-12-14(13)19-17(18-2)21-9-7-20(8-10-21)16(22)15-6-4-11-23-15/h13-15H,3-12H2,1-2H3,(H,18,19). The van der Waals surface area contributed by atoms with Gasteiger partial charge in [0.15, 0.2) is 5.96 Å². The van der Waals surface area contributed by atoms with Crippen molar-refractivity contribution in [3.63, 3.8) is 0 Å². The Hall–Kier alpha value is -1.30. The van der Waals surface area contributed by atoms with E-state index in [4.69, 9.17) is 4.74 Å². The lowest BCUT2D eigenvalue weighted by Gasteiger charge is -2.37. The molecule has 3 aliphatic rings. The molecule has 0 radical (unpaired) electrons. The van der Waals surface area contributed by atoms with Gasteiger partial charge in [0, 0.05) is 45.9 Å². The molecule has 0 bridgehead atoms. The number of carbonyl (C=O) groups excluding carboxylic acids is 1. The Morgan fingerprint density at radius 2 is 2.00 bits per heavy atom. The van der Waals surface area contributed by atoms with E-state index in [-0.39, 0.29) is 12.0 Å². The van der Waals surface area contributed by atoms with Crippen LogP contribution in [0.25, 0.3) is 0 Å². The van der Waals surface area contributed by atoms with E-state index >= 15 is 0 Å². The molecule has 2 saturated heterocycles. The van der Waals surface area contributed by atoms with Crippen molar-refractivity contribution >= 4 is 11.9 Å². The summed E-state index contributed by atoms with van der Waals surface area (Å²) >= 11 is 0. The highest BCUT2D eigenvalue weighted by molar-refractivity contribution is 5.83. The molecule has 6 nitrogen and oxygen atoms in total. The molecule has 23 heavy (non-hydrogen) atoms. The smallest absolute Gasteiger partial charge is 0.251 e. The molecule has 2 aliphatic heterocycles. The Morgan fingerprint density at radius 1 is 1.26 bits per heavy atom. The van der Waals surface area contributed by atoms with Crippen LogP contribution in [0, 0.1) is 5.92 Å². The largest absolute Gasteiger partial charge is 0.368 e.